The van der Waals surface area contributed by atoms with Gasteiger partial charge in [-0.2, -0.15) is 0 Å². The van der Waals surface area contributed by atoms with Gasteiger partial charge in [0.15, 0.2) is 5.78 Å². The molecule has 8 nitrogen and oxygen atoms in total. The van der Waals surface area contributed by atoms with Gasteiger partial charge in [0.2, 0.25) is 11.8 Å². The molecule has 3 heterocycles. The fourth-order valence-electron chi connectivity index (χ4n) is 4.67. The highest BCUT2D eigenvalue weighted by Crippen LogP contribution is 2.47. The third-order valence-corrected chi connectivity index (χ3v) is 5.87. The Hall–Kier alpha value is -3.81. The minimum Gasteiger partial charge on any atom is -0.352 e. The van der Waals surface area contributed by atoms with Crippen LogP contribution in [0.3, 0.4) is 0 Å². The van der Waals surface area contributed by atoms with E-state index < -0.39 is 46.4 Å². The van der Waals surface area contributed by atoms with Crippen LogP contribution >= 0.6 is 0 Å². The summed E-state index contributed by atoms with van der Waals surface area (Å²) in [5.41, 5.74) is 1.59. The van der Waals surface area contributed by atoms with E-state index in [4.69, 9.17) is 0 Å². The number of nitrogens with one attached hydrogen (secondary N) is 1. The highest BCUT2D eigenvalue weighted by molar-refractivity contribution is 6.14. The van der Waals surface area contributed by atoms with Gasteiger partial charge >= 0.3 is 0 Å². The van der Waals surface area contributed by atoms with Gasteiger partial charge in [0.05, 0.1) is 22.8 Å². The third-order valence-electron chi connectivity index (χ3n) is 5.87. The summed E-state index contributed by atoms with van der Waals surface area (Å²) in [7, 11) is 0. The number of benzene rings is 2. The highest BCUT2D eigenvalue weighted by atomic mass is 16.6. The highest BCUT2D eigenvalue weighted by Gasteiger charge is 2.61. The summed E-state index contributed by atoms with van der Waals surface area (Å²) in [5, 5.41) is 13.5. The first-order valence-electron chi connectivity index (χ1n) is 9.16. The lowest BCUT2D eigenvalue weighted by atomic mass is 9.86. The molecule has 0 aliphatic carbocycles. The summed E-state index contributed by atoms with van der Waals surface area (Å²) in [4.78, 5) is 51.0. The number of ketones is 1. The van der Waals surface area contributed by atoms with Crippen molar-refractivity contribution in [2.45, 2.75) is 12.1 Å². The van der Waals surface area contributed by atoms with Crippen molar-refractivity contribution >= 4 is 35.0 Å². The second kappa shape index (κ2) is 6.10. The van der Waals surface area contributed by atoms with Crippen LogP contribution in [0.5, 0.6) is 0 Å². The minimum atomic E-state index is -0.926. The van der Waals surface area contributed by atoms with Crippen molar-refractivity contribution in [3.05, 3.63) is 75.8 Å². The number of fused-ring (bicyclic) bond motifs is 5. The summed E-state index contributed by atoms with van der Waals surface area (Å²) >= 11 is 0. The van der Waals surface area contributed by atoms with Gasteiger partial charge in [-0.3, -0.25) is 29.8 Å². The average molecular weight is 389 g/mol. The van der Waals surface area contributed by atoms with Crippen LogP contribution in [0.2, 0.25) is 0 Å². The van der Waals surface area contributed by atoms with E-state index >= 15 is 0 Å². The van der Waals surface area contributed by atoms with Crippen LogP contribution in [0.1, 0.15) is 15.9 Å². The minimum absolute atomic E-state index is 0.141. The Kier molecular flexibility index (Phi) is 3.64. The van der Waals surface area contributed by atoms with Gasteiger partial charge < -0.3 is 4.90 Å². The Morgan fingerprint density at radius 1 is 1.03 bits per heavy atom. The van der Waals surface area contributed by atoms with Crippen molar-refractivity contribution in [2.75, 3.05) is 4.90 Å². The van der Waals surface area contributed by atoms with Crippen molar-refractivity contribution in [1.29, 1.82) is 0 Å². The van der Waals surface area contributed by atoms with Crippen LogP contribution in [-0.2, 0) is 9.59 Å². The number of para-hydroxylation sites is 1. The summed E-state index contributed by atoms with van der Waals surface area (Å²) in [6.45, 7) is 0. The predicted octanol–water partition coefficient (Wildman–Crippen LogP) is 1.95. The molecule has 0 radical (unpaired) electrons. The molecule has 29 heavy (non-hydrogen) atoms. The molecule has 1 N–H and O–H groups in total. The number of anilines is 1. The first-order chi connectivity index (χ1) is 14.0. The van der Waals surface area contributed by atoms with Gasteiger partial charge in [-0.05, 0) is 11.6 Å². The number of Topliss-reactive ketones (excluding diaryl/α,β-unsaturated/α-hetero) is 1. The monoisotopic (exact) mass is 389 g/mol. The number of nitro groups is 1. The molecule has 0 spiro atoms. The van der Waals surface area contributed by atoms with Crippen molar-refractivity contribution in [2.24, 2.45) is 11.8 Å². The molecule has 0 unspecified atom stereocenters. The summed E-state index contributed by atoms with van der Waals surface area (Å²) in [6.07, 6.45) is 3.74. The van der Waals surface area contributed by atoms with Gasteiger partial charge in [-0.1, -0.05) is 42.5 Å². The third kappa shape index (κ3) is 2.42. The Morgan fingerprint density at radius 2 is 1.79 bits per heavy atom. The molecule has 3 aliphatic heterocycles. The van der Waals surface area contributed by atoms with E-state index in [0.717, 1.165) is 11.3 Å². The number of carbonyl (C=O) groups is 3. The SMILES string of the molecule is O=C1NC(=O)[C@@H]2[C@@H]1[C@H]1C=Cc3ccccc3N1[C@@H]2C(=O)c1cccc([N+](=O)[O-])c1. The van der Waals surface area contributed by atoms with Crippen molar-refractivity contribution < 1.29 is 19.3 Å². The lowest BCUT2D eigenvalue weighted by molar-refractivity contribution is -0.384. The largest absolute Gasteiger partial charge is 0.352 e. The lowest BCUT2D eigenvalue weighted by Gasteiger charge is -2.35. The topological polar surface area (TPSA) is 110 Å². The van der Waals surface area contributed by atoms with Gasteiger partial charge in [-0.15, -0.1) is 0 Å². The molecule has 3 aliphatic rings. The number of non-ortho nitro benzene ring substituents is 1. The van der Waals surface area contributed by atoms with Crippen LogP contribution in [0.25, 0.3) is 6.08 Å². The molecule has 0 aromatic heterocycles. The fraction of sp³-hybridized carbons (Fsp3) is 0.190. The molecular weight excluding hydrogens is 374 g/mol. The number of nitro benzene ring substituents is 1. The van der Waals surface area contributed by atoms with Gasteiger partial charge in [0.25, 0.3) is 5.69 Å². The molecule has 144 valence electrons. The van der Waals surface area contributed by atoms with E-state index in [9.17, 15) is 24.5 Å². The first-order valence-corrected chi connectivity index (χ1v) is 9.16. The maximum atomic E-state index is 13.5. The summed E-state index contributed by atoms with van der Waals surface area (Å²) in [5.74, 6) is -2.83. The number of rotatable bonds is 3. The number of imide groups is 1. The van der Waals surface area contributed by atoms with Crippen LogP contribution < -0.4 is 10.2 Å². The number of carbonyl (C=O) groups excluding carboxylic acids is 3. The van der Waals surface area contributed by atoms with Gasteiger partial charge in [0, 0.05) is 23.4 Å². The second-order valence-electron chi connectivity index (χ2n) is 7.34. The van der Waals surface area contributed by atoms with Gasteiger partial charge in [0.1, 0.15) is 6.04 Å². The standard InChI is InChI=1S/C21H15N3O5/c25-19(12-5-3-6-13(10-12)24(28)29)18-17-16(20(26)22-21(17)27)15-9-8-11-4-1-2-7-14(11)23(15)18/h1-10,15-18H,(H,22,26,27)/t15-,16+,17-,18+/m1/s1. The van der Waals surface area contributed by atoms with Crippen molar-refractivity contribution in [3.8, 4) is 0 Å². The van der Waals surface area contributed by atoms with E-state index in [1.165, 1.54) is 24.3 Å². The normalized spacial score (nSPS) is 26.6. The molecule has 0 saturated carbocycles. The first kappa shape index (κ1) is 17.3. The van der Waals surface area contributed by atoms with Crippen LogP contribution in [0, 0.1) is 22.0 Å². The number of amides is 2. The van der Waals surface area contributed by atoms with E-state index in [1.807, 2.05) is 41.3 Å². The smallest absolute Gasteiger partial charge is 0.270 e. The molecule has 8 heteroatoms. The summed E-state index contributed by atoms with van der Waals surface area (Å²) in [6, 6.07) is 11.5. The Balaban J connectivity index is 1.65. The maximum Gasteiger partial charge on any atom is 0.270 e. The van der Waals surface area contributed by atoms with Gasteiger partial charge in [-0.25, -0.2) is 0 Å². The molecule has 2 amide bonds. The van der Waals surface area contributed by atoms with E-state index in [2.05, 4.69) is 5.32 Å². The van der Waals surface area contributed by atoms with Crippen molar-refractivity contribution in [1.82, 2.24) is 5.32 Å². The zero-order valence-electron chi connectivity index (χ0n) is 15.0. The summed E-state index contributed by atoms with van der Waals surface area (Å²) < 4.78 is 0. The number of hydrogen-bond donors (Lipinski definition) is 1. The molecule has 2 saturated heterocycles. The van der Waals surface area contributed by atoms with Crippen LogP contribution in [-0.4, -0.2) is 34.6 Å². The van der Waals surface area contributed by atoms with Crippen molar-refractivity contribution in [3.63, 3.8) is 0 Å². The van der Waals surface area contributed by atoms with E-state index in [0.29, 0.717) is 0 Å². The zero-order chi connectivity index (χ0) is 20.3. The molecule has 2 aromatic rings. The molecule has 0 bridgehead atoms. The lowest BCUT2D eigenvalue weighted by Crippen LogP contribution is -2.47. The van der Waals surface area contributed by atoms with E-state index in [-0.39, 0.29) is 11.3 Å². The Labute approximate surface area is 165 Å². The average Bonchev–Trinajstić information content (AvgIpc) is 3.23. The Bertz CT molecular complexity index is 1120. The molecule has 4 atom stereocenters. The predicted molar refractivity (Wildman–Crippen MR) is 103 cm³/mol. The van der Waals surface area contributed by atoms with E-state index in [1.54, 1.807) is 0 Å². The number of hydrogen-bond acceptors (Lipinski definition) is 6. The molecule has 2 fully saturated rings. The zero-order valence-corrected chi connectivity index (χ0v) is 15.0. The molecular formula is C21H15N3O5. The molecule has 2 aromatic carbocycles. The van der Waals surface area contributed by atoms with Crippen LogP contribution in [0.4, 0.5) is 11.4 Å². The fourth-order valence-corrected chi connectivity index (χ4v) is 4.67. The maximum absolute atomic E-state index is 13.5. The quantitative estimate of drug-likeness (QED) is 0.372. The second-order valence-corrected chi connectivity index (χ2v) is 7.34. The number of nitrogens with zero attached hydrogens (tertiary/aromatic N) is 2. The molecule has 5 rings (SSSR count). The Morgan fingerprint density at radius 3 is 2.59 bits per heavy atom. The van der Waals surface area contributed by atoms with Crippen LogP contribution in [0.15, 0.2) is 54.6 Å².